The molecule has 4 heteroatoms. The molecule has 0 aliphatic carbocycles. The van der Waals surface area contributed by atoms with Gasteiger partial charge in [0.1, 0.15) is 18.5 Å². The van der Waals surface area contributed by atoms with Crippen LogP contribution in [0.25, 0.3) is 0 Å². The van der Waals surface area contributed by atoms with Gasteiger partial charge in [-0.3, -0.25) is 0 Å². The summed E-state index contributed by atoms with van der Waals surface area (Å²) in [6, 6.07) is 7.72. The molecule has 1 atom stereocenters. The molecule has 2 N–H and O–H groups in total. The van der Waals surface area contributed by atoms with Crippen molar-refractivity contribution < 1.29 is 9.84 Å². The maximum atomic E-state index is 9.63. The zero-order valence-electron chi connectivity index (χ0n) is 9.95. The lowest BCUT2D eigenvalue weighted by Gasteiger charge is -2.13. The summed E-state index contributed by atoms with van der Waals surface area (Å²) in [4.78, 5) is 0. The van der Waals surface area contributed by atoms with E-state index in [1.807, 2.05) is 31.2 Å². The molecular formula is C13H18ClNO2. The highest BCUT2D eigenvalue weighted by Gasteiger charge is 2.04. The SMILES string of the molecule is C=C(Cl)CNCC(O)COc1cccc(C)c1. The lowest BCUT2D eigenvalue weighted by molar-refractivity contribution is 0.107. The van der Waals surface area contributed by atoms with Gasteiger partial charge in [-0.25, -0.2) is 0 Å². The number of rotatable bonds is 7. The van der Waals surface area contributed by atoms with Crippen LogP contribution in [0.1, 0.15) is 5.56 Å². The normalized spacial score (nSPS) is 12.2. The molecule has 94 valence electrons. The van der Waals surface area contributed by atoms with E-state index in [4.69, 9.17) is 16.3 Å². The van der Waals surface area contributed by atoms with Gasteiger partial charge >= 0.3 is 0 Å². The van der Waals surface area contributed by atoms with Crippen LogP contribution in [0.2, 0.25) is 0 Å². The number of ether oxygens (including phenoxy) is 1. The molecule has 1 aromatic rings. The lowest BCUT2D eigenvalue weighted by Crippen LogP contribution is -2.32. The quantitative estimate of drug-likeness (QED) is 0.784. The number of benzene rings is 1. The molecule has 0 radical (unpaired) electrons. The van der Waals surface area contributed by atoms with E-state index in [1.54, 1.807) is 0 Å². The van der Waals surface area contributed by atoms with E-state index < -0.39 is 6.10 Å². The molecule has 0 heterocycles. The number of aliphatic hydroxyl groups is 1. The van der Waals surface area contributed by atoms with Gasteiger partial charge in [-0.2, -0.15) is 0 Å². The van der Waals surface area contributed by atoms with E-state index in [0.717, 1.165) is 11.3 Å². The minimum atomic E-state index is -0.563. The number of hydrogen-bond donors (Lipinski definition) is 2. The second-order valence-electron chi connectivity index (χ2n) is 3.93. The molecule has 3 nitrogen and oxygen atoms in total. The summed E-state index contributed by atoms with van der Waals surface area (Å²) in [5, 5.41) is 13.1. The first-order chi connectivity index (χ1) is 8.08. The third-order valence-electron chi connectivity index (χ3n) is 2.13. The molecule has 0 bridgehead atoms. The van der Waals surface area contributed by atoms with Crippen molar-refractivity contribution >= 4 is 11.6 Å². The molecule has 0 saturated heterocycles. The molecule has 0 fully saturated rings. The fraction of sp³-hybridized carbons (Fsp3) is 0.385. The summed E-state index contributed by atoms with van der Waals surface area (Å²) in [6.07, 6.45) is -0.563. The van der Waals surface area contributed by atoms with Crippen molar-refractivity contribution in [1.29, 1.82) is 0 Å². The first-order valence-electron chi connectivity index (χ1n) is 5.49. The van der Waals surface area contributed by atoms with Crippen molar-refractivity contribution in [2.75, 3.05) is 19.7 Å². The van der Waals surface area contributed by atoms with Gasteiger partial charge in [0.15, 0.2) is 0 Å². The lowest BCUT2D eigenvalue weighted by atomic mass is 10.2. The summed E-state index contributed by atoms with van der Waals surface area (Å²) in [5.74, 6) is 0.769. The number of halogens is 1. The molecule has 0 aromatic heterocycles. The van der Waals surface area contributed by atoms with Crippen molar-refractivity contribution in [3.8, 4) is 5.75 Å². The van der Waals surface area contributed by atoms with Crippen molar-refractivity contribution in [3.05, 3.63) is 41.4 Å². The van der Waals surface area contributed by atoms with E-state index in [2.05, 4.69) is 11.9 Å². The first-order valence-corrected chi connectivity index (χ1v) is 5.87. The summed E-state index contributed by atoms with van der Waals surface area (Å²) < 4.78 is 5.46. The molecule has 1 aromatic carbocycles. The molecule has 0 saturated carbocycles. The van der Waals surface area contributed by atoms with E-state index in [0.29, 0.717) is 18.1 Å². The molecule has 0 aliphatic heterocycles. The van der Waals surface area contributed by atoms with Gasteiger partial charge in [0.2, 0.25) is 0 Å². The average Bonchev–Trinajstić information content (AvgIpc) is 2.26. The van der Waals surface area contributed by atoms with E-state index >= 15 is 0 Å². The predicted molar refractivity (Wildman–Crippen MR) is 70.5 cm³/mol. The van der Waals surface area contributed by atoms with E-state index in [-0.39, 0.29) is 6.61 Å². The molecule has 1 rings (SSSR count). The van der Waals surface area contributed by atoms with Crippen LogP contribution in [-0.2, 0) is 0 Å². The fourth-order valence-electron chi connectivity index (χ4n) is 1.33. The Bertz CT molecular complexity index is 368. The zero-order chi connectivity index (χ0) is 12.7. The number of nitrogens with one attached hydrogen (secondary N) is 1. The molecule has 1 unspecified atom stereocenters. The van der Waals surface area contributed by atoms with Crippen molar-refractivity contribution in [2.45, 2.75) is 13.0 Å². The topological polar surface area (TPSA) is 41.5 Å². The summed E-state index contributed by atoms with van der Waals surface area (Å²) in [5.41, 5.74) is 1.13. The van der Waals surface area contributed by atoms with Crippen molar-refractivity contribution in [3.63, 3.8) is 0 Å². The molecule has 0 amide bonds. The van der Waals surface area contributed by atoms with Crippen LogP contribution in [0, 0.1) is 6.92 Å². The Hall–Kier alpha value is -1.03. The van der Waals surface area contributed by atoms with Crippen LogP contribution in [-0.4, -0.2) is 30.9 Å². The van der Waals surface area contributed by atoms with Gasteiger partial charge in [0, 0.05) is 18.1 Å². The molecule has 0 aliphatic rings. The van der Waals surface area contributed by atoms with Crippen molar-refractivity contribution in [2.24, 2.45) is 0 Å². The van der Waals surface area contributed by atoms with Gasteiger partial charge in [0.25, 0.3) is 0 Å². The van der Waals surface area contributed by atoms with Crippen LogP contribution in [0.5, 0.6) is 5.75 Å². The number of hydrogen-bond acceptors (Lipinski definition) is 3. The maximum absolute atomic E-state index is 9.63. The second-order valence-corrected chi connectivity index (χ2v) is 4.46. The van der Waals surface area contributed by atoms with Crippen LogP contribution in [0.4, 0.5) is 0 Å². The Morgan fingerprint density at radius 2 is 2.35 bits per heavy atom. The molecule has 17 heavy (non-hydrogen) atoms. The number of aliphatic hydroxyl groups excluding tert-OH is 1. The van der Waals surface area contributed by atoms with Gasteiger partial charge < -0.3 is 15.2 Å². The average molecular weight is 256 g/mol. The van der Waals surface area contributed by atoms with Gasteiger partial charge in [-0.15, -0.1) is 0 Å². The largest absolute Gasteiger partial charge is 0.491 e. The highest BCUT2D eigenvalue weighted by atomic mass is 35.5. The minimum Gasteiger partial charge on any atom is -0.491 e. The Kier molecular flexibility index (Phi) is 6.05. The van der Waals surface area contributed by atoms with Crippen LogP contribution in [0.3, 0.4) is 0 Å². The third kappa shape index (κ3) is 6.31. The van der Waals surface area contributed by atoms with Crippen LogP contribution in [0.15, 0.2) is 35.9 Å². The standard InChI is InChI=1S/C13H18ClNO2/c1-10-4-3-5-13(6-10)17-9-12(16)8-15-7-11(2)14/h3-6,12,15-16H,2,7-9H2,1H3. The van der Waals surface area contributed by atoms with E-state index in [9.17, 15) is 5.11 Å². The summed E-state index contributed by atoms with van der Waals surface area (Å²) in [7, 11) is 0. The van der Waals surface area contributed by atoms with Crippen LogP contribution >= 0.6 is 11.6 Å². The zero-order valence-corrected chi connectivity index (χ0v) is 10.7. The smallest absolute Gasteiger partial charge is 0.119 e. The van der Waals surface area contributed by atoms with Gasteiger partial charge in [0.05, 0.1) is 0 Å². The Balaban J connectivity index is 2.23. The second kappa shape index (κ2) is 7.33. The van der Waals surface area contributed by atoms with Gasteiger partial charge in [-0.1, -0.05) is 30.3 Å². The van der Waals surface area contributed by atoms with Crippen LogP contribution < -0.4 is 10.1 Å². The minimum absolute atomic E-state index is 0.255. The predicted octanol–water partition coefficient (Wildman–Crippen LogP) is 2.08. The highest BCUT2D eigenvalue weighted by molar-refractivity contribution is 6.29. The Morgan fingerprint density at radius 1 is 1.59 bits per heavy atom. The first kappa shape index (κ1) is 14.0. The molecular weight excluding hydrogens is 238 g/mol. The maximum Gasteiger partial charge on any atom is 0.119 e. The monoisotopic (exact) mass is 255 g/mol. The summed E-state index contributed by atoms with van der Waals surface area (Å²) in [6.45, 7) is 6.71. The Morgan fingerprint density at radius 3 is 3.00 bits per heavy atom. The number of aryl methyl sites for hydroxylation is 1. The van der Waals surface area contributed by atoms with Gasteiger partial charge in [-0.05, 0) is 24.6 Å². The summed E-state index contributed by atoms with van der Waals surface area (Å²) >= 11 is 5.58. The fourth-order valence-corrected chi connectivity index (χ4v) is 1.43. The third-order valence-corrected chi connectivity index (χ3v) is 2.26. The molecule has 0 spiro atoms. The Labute approximate surface area is 107 Å². The highest BCUT2D eigenvalue weighted by Crippen LogP contribution is 2.12. The van der Waals surface area contributed by atoms with E-state index in [1.165, 1.54) is 0 Å². The van der Waals surface area contributed by atoms with Crippen molar-refractivity contribution in [1.82, 2.24) is 5.32 Å².